The van der Waals surface area contributed by atoms with Crippen molar-refractivity contribution in [1.82, 2.24) is 0 Å². The van der Waals surface area contributed by atoms with Gasteiger partial charge in [0.25, 0.3) is 5.91 Å². The first-order valence-corrected chi connectivity index (χ1v) is 8.31. The van der Waals surface area contributed by atoms with E-state index in [9.17, 15) is 9.59 Å². The molecule has 0 aliphatic rings. The first kappa shape index (κ1) is 17.5. The summed E-state index contributed by atoms with van der Waals surface area (Å²) in [5, 5.41) is 4.94. The Bertz CT molecular complexity index is 982. The van der Waals surface area contributed by atoms with E-state index in [1.807, 2.05) is 42.5 Å². The molecular weight excluding hydrogens is 328 g/mol. The van der Waals surface area contributed by atoms with E-state index in [1.165, 1.54) is 0 Å². The Kier molecular flexibility index (Phi) is 4.89. The predicted molar refractivity (Wildman–Crippen MR) is 102 cm³/mol. The molecule has 0 bridgehead atoms. The van der Waals surface area contributed by atoms with Gasteiger partial charge < -0.3 is 15.8 Å². The summed E-state index contributed by atoms with van der Waals surface area (Å²) in [5.74, 6) is -0.212. The number of carbonyl (C=O) groups is 2. The fourth-order valence-corrected chi connectivity index (χ4v) is 2.77. The lowest BCUT2D eigenvalue weighted by Gasteiger charge is -2.17. The number of ether oxygens (including phenoxy) is 1. The standard InChI is InChI=1S/C21H20N2O3/c1-13-18(20(22)24)8-5-9-19(13)23-21(25)14(2)26-17-11-10-15-6-3-4-7-16(15)12-17/h3-12,14H,1-2H3,(H2,22,24)(H,23,25). The maximum absolute atomic E-state index is 12.5. The summed E-state index contributed by atoms with van der Waals surface area (Å²) in [6, 6.07) is 18.7. The molecule has 2 amide bonds. The van der Waals surface area contributed by atoms with E-state index in [4.69, 9.17) is 10.5 Å². The van der Waals surface area contributed by atoms with Crippen molar-refractivity contribution in [3.63, 3.8) is 0 Å². The molecule has 0 aliphatic heterocycles. The maximum Gasteiger partial charge on any atom is 0.265 e. The molecule has 3 aromatic carbocycles. The van der Waals surface area contributed by atoms with Crippen LogP contribution in [0.25, 0.3) is 10.8 Å². The largest absolute Gasteiger partial charge is 0.481 e. The van der Waals surface area contributed by atoms with Crippen LogP contribution in [0, 0.1) is 6.92 Å². The quantitative estimate of drug-likeness (QED) is 0.738. The Morgan fingerprint density at radius 3 is 2.46 bits per heavy atom. The van der Waals surface area contributed by atoms with Gasteiger partial charge in [0.2, 0.25) is 5.91 Å². The van der Waals surface area contributed by atoms with E-state index < -0.39 is 12.0 Å². The molecule has 3 rings (SSSR count). The fraction of sp³-hybridized carbons (Fsp3) is 0.143. The van der Waals surface area contributed by atoms with E-state index in [2.05, 4.69) is 5.32 Å². The zero-order valence-corrected chi connectivity index (χ0v) is 14.7. The normalized spacial score (nSPS) is 11.8. The van der Waals surface area contributed by atoms with Crippen LogP contribution >= 0.6 is 0 Å². The summed E-state index contributed by atoms with van der Waals surface area (Å²) >= 11 is 0. The average Bonchev–Trinajstić information content (AvgIpc) is 2.63. The minimum absolute atomic E-state index is 0.303. The average molecular weight is 348 g/mol. The third kappa shape index (κ3) is 3.67. The number of rotatable bonds is 5. The predicted octanol–water partition coefficient (Wildman–Crippen LogP) is 3.65. The Hall–Kier alpha value is -3.34. The second-order valence-corrected chi connectivity index (χ2v) is 6.10. The van der Waals surface area contributed by atoms with Crippen molar-refractivity contribution in [1.29, 1.82) is 0 Å². The molecule has 5 nitrogen and oxygen atoms in total. The molecule has 1 unspecified atom stereocenters. The molecule has 132 valence electrons. The fourth-order valence-electron chi connectivity index (χ4n) is 2.77. The van der Waals surface area contributed by atoms with Gasteiger partial charge in [0.15, 0.2) is 6.10 Å². The van der Waals surface area contributed by atoms with Gasteiger partial charge in [-0.2, -0.15) is 0 Å². The highest BCUT2D eigenvalue weighted by Crippen LogP contribution is 2.22. The summed E-state index contributed by atoms with van der Waals surface area (Å²) in [4.78, 5) is 23.9. The summed E-state index contributed by atoms with van der Waals surface area (Å²) in [6.45, 7) is 3.42. The van der Waals surface area contributed by atoms with Crippen molar-refractivity contribution in [2.24, 2.45) is 5.73 Å². The molecule has 0 saturated heterocycles. The first-order chi connectivity index (χ1) is 12.5. The Balaban J connectivity index is 1.73. The molecule has 0 fully saturated rings. The lowest BCUT2D eigenvalue weighted by Crippen LogP contribution is -2.30. The van der Waals surface area contributed by atoms with Crippen molar-refractivity contribution < 1.29 is 14.3 Å². The highest BCUT2D eigenvalue weighted by atomic mass is 16.5. The second kappa shape index (κ2) is 7.27. The van der Waals surface area contributed by atoms with E-state index in [-0.39, 0.29) is 5.91 Å². The lowest BCUT2D eigenvalue weighted by atomic mass is 10.1. The van der Waals surface area contributed by atoms with Crippen molar-refractivity contribution in [3.05, 3.63) is 71.8 Å². The molecule has 0 aliphatic carbocycles. The van der Waals surface area contributed by atoms with Crippen molar-refractivity contribution in [2.75, 3.05) is 5.32 Å². The molecular formula is C21H20N2O3. The van der Waals surface area contributed by atoms with Crippen LogP contribution in [0.4, 0.5) is 5.69 Å². The molecule has 3 N–H and O–H groups in total. The van der Waals surface area contributed by atoms with Gasteiger partial charge in [-0.3, -0.25) is 9.59 Å². The molecule has 26 heavy (non-hydrogen) atoms. The molecule has 5 heteroatoms. The maximum atomic E-state index is 12.5. The molecule has 1 atom stereocenters. The van der Waals surface area contributed by atoms with E-state index in [0.29, 0.717) is 22.6 Å². The van der Waals surface area contributed by atoms with Gasteiger partial charge in [0.1, 0.15) is 5.75 Å². The third-order valence-electron chi connectivity index (χ3n) is 4.26. The number of hydrogen-bond acceptors (Lipinski definition) is 3. The summed E-state index contributed by atoms with van der Waals surface area (Å²) in [7, 11) is 0. The Morgan fingerprint density at radius 1 is 1.00 bits per heavy atom. The van der Waals surface area contributed by atoms with E-state index in [1.54, 1.807) is 32.0 Å². The topological polar surface area (TPSA) is 81.4 Å². The van der Waals surface area contributed by atoms with Crippen LogP contribution in [-0.4, -0.2) is 17.9 Å². The number of primary amides is 1. The van der Waals surface area contributed by atoms with Crippen LogP contribution in [0.5, 0.6) is 5.75 Å². The van der Waals surface area contributed by atoms with Crippen molar-refractivity contribution >= 4 is 28.3 Å². The van der Waals surface area contributed by atoms with Gasteiger partial charge in [0, 0.05) is 11.3 Å². The molecule has 0 heterocycles. The van der Waals surface area contributed by atoms with Crippen molar-refractivity contribution in [2.45, 2.75) is 20.0 Å². The lowest BCUT2D eigenvalue weighted by molar-refractivity contribution is -0.122. The van der Waals surface area contributed by atoms with Crippen LogP contribution in [0.2, 0.25) is 0 Å². The van der Waals surface area contributed by atoms with Gasteiger partial charge in [-0.1, -0.05) is 36.4 Å². The van der Waals surface area contributed by atoms with Gasteiger partial charge in [-0.15, -0.1) is 0 Å². The molecule has 0 radical (unpaired) electrons. The molecule has 3 aromatic rings. The zero-order chi connectivity index (χ0) is 18.7. The molecule has 0 saturated carbocycles. The molecule has 0 aromatic heterocycles. The number of benzene rings is 3. The SMILES string of the molecule is Cc1c(NC(=O)C(C)Oc2ccc3ccccc3c2)cccc1C(N)=O. The number of carbonyl (C=O) groups excluding carboxylic acids is 2. The Morgan fingerprint density at radius 2 is 1.73 bits per heavy atom. The zero-order valence-electron chi connectivity index (χ0n) is 14.7. The minimum Gasteiger partial charge on any atom is -0.481 e. The second-order valence-electron chi connectivity index (χ2n) is 6.10. The number of anilines is 1. The summed E-state index contributed by atoms with van der Waals surface area (Å²) in [6.07, 6.45) is -0.701. The van der Waals surface area contributed by atoms with Crippen LogP contribution in [0.15, 0.2) is 60.7 Å². The number of amides is 2. The third-order valence-corrected chi connectivity index (χ3v) is 4.26. The monoisotopic (exact) mass is 348 g/mol. The molecule has 0 spiro atoms. The summed E-state index contributed by atoms with van der Waals surface area (Å²) < 4.78 is 5.77. The van der Waals surface area contributed by atoms with Gasteiger partial charge in [0.05, 0.1) is 0 Å². The van der Waals surface area contributed by atoms with Crippen LogP contribution in [0.3, 0.4) is 0 Å². The Labute approximate surface area is 151 Å². The smallest absolute Gasteiger partial charge is 0.265 e. The highest BCUT2D eigenvalue weighted by molar-refractivity contribution is 5.99. The number of nitrogens with two attached hydrogens (primary N) is 1. The van der Waals surface area contributed by atoms with Gasteiger partial charge >= 0.3 is 0 Å². The number of nitrogens with one attached hydrogen (secondary N) is 1. The minimum atomic E-state index is -0.701. The van der Waals surface area contributed by atoms with Gasteiger partial charge in [-0.25, -0.2) is 0 Å². The first-order valence-electron chi connectivity index (χ1n) is 8.31. The number of fused-ring (bicyclic) bond motifs is 1. The van der Waals surface area contributed by atoms with E-state index in [0.717, 1.165) is 10.8 Å². The number of hydrogen-bond donors (Lipinski definition) is 2. The van der Waals surface area contributed by atoms with Gasteiger partial charge in [-0.05, 0) is 54.4 Å². The van der Waals surface area contributed by atoms with Crippen LogP contribution in [-0.2, 0) is 4.79 Å². The van der Waals surface area contributed by atoms with Crippen LogP contribution in [0.1, 0.15) is 22.8 Å². The van der Waals surface area contributed by atoms with Crippen LogP contribution < -0.4 is 15.8 Å². The summed E-state index contributed by atoms with van der Waals surface area (Å²) in [5.41, 5.74) is 6.90. The van der Waals surface area contributed by atoms with Crippen molar-refractivity contribution in [3.8, 4) is 5.75 Å². The van der Waals surface area contributed by atoms with E-state index >= 15 is 0 Å². The highest BCUT2D eigenvalue weighted by Gasteiger charge is 2.17.